The van der Waals surface area contributed by atoms with E-state index in [0.29, 0.717) is 0 Å². The van der Waals surface area contributed by atoms with Gasteiger partial charge in [0.2, 0.25) is 0 Å². The predicted molar refractivity (Wildman–Crippen MR) is 83.3 cm³/mol. The molecule has 0 aliphatic rings. The Hall–Kier alpha value is -0.0800. The molecule has 0 aromatic carbocycles. The van der Waals surface area contributed by atoms with Crippen molar-refractivity contribution >= 4 is 0 Å². The van der Waals surface area contributed by atoms with Crippen molar-refractivity contribution in [2.75, 3.05) is 13.2 Å². The molecule has 0 heterocycles. The summed E-state index contributed by atoms with van der Waals surface area (Å²) in [4.78, 5) is 10.2. The fourth-order valence-electron chi connectivity index (χ4n) is 2.15. The predicted octanol–water partition coefficient (Wildman–Crippen LogP) is 6.05. The lowest BCUT2D eigenvalue weighted by molar-refractivity contribution is -0.295. The van der Waals surface area contributed by atoms with E-state index in [2.05, 4.69) is 13.8 Å². The van der Waals surface area contributed by atoms with Crippen LogP contribution in [0.1, 0.15) is 97.3 Å². The van der Waals surface area contributed by atoms with Gasteiger partial charge in [-0.15, -0.1) is 0 Å². The Morgan fingerprint density at radius 1 is 0.421 bits per heavy atom. The average Bonchev–Trinajstić information content (AvgIpc) is 2.43. The molecule has 0 saturated carbocycles. The van der Waals surface area contributed by atoms with Crippen molar-refractivity contribution in [3.8, 4) is 0 Å². The van der Waals surface area contributed by atoms with Crippen LogP contribution in [-0.4, -0.2) is 13.2 Å². The molecular weight excluding hydrogens is 236 g/mol. The first-order valence-corrected chi connectivity index (χ1v) is 8.66. The van der Waals surface area contributed by atoms with E-state index in [4.69, 9.17) is 9.78 Å². The van der Waals surface area contributed by atoms with Crippen LogP contribution in [0.3, 0.4) is 0 Å². The van der Waals surface area contributed by atoms with Gasteiger partial charge in [0.15, 0.2) is 0 Å². The summed E-state index contributed by atoms with van der Waals surface area (Å²) in [6.45, 7) is 5.95. The van der Waals surface area contributed by atoms with Crippen LogP contribution in [-0.2, 0) is 9.78 Å². The quantitative estimate of drug-likeness (QED) is 0.193. The number of rotatable bonds is 16. The van der Waals surface area contributed by atoms with Crippen LogP contribution in [0.4, 0.5) is 0 Å². The third-order valence-corrected chi connectivity index (χ3v) is 3.50. The fourth-order valence-corrected chi connectivity index (χ4v) is 2.15. The van der Waals surface area contributed by atoms with Gasteiger partial charge in [-0.05, 0) is 12.8 Å². The van der Waals surface area contributed by atoms with Crippen molar-refractivity contribution in [1.82, 2.24) is 0 Å². The molecule has 0 aromatic rings. The normalized spacial score (nSPS) is 11.1. The van der Waals surface area contributed by atoms with Crippen LogP contribution in [0.15, 0.2) is 0 Å². The van der Waals surface area contributed by atoms with Crippen LogP contribution < -0.4 is 0 Å². The highest BCUT2D eigenvalue weighted by Crippen LogP contribution is 2.11. The monoisotopic (exact) mass is 272 g/mol. The molecule has 0 atom stereocenters. The molecule has 2 heteroatoms. The zero-order valence-electron chi connectivity index (χ0n) is 13.4. The maximum atomic E-state index is 5.12. The Morgan fingerprint density at radius 2 is 0.789 bits per heavy atom. The summed E-state index contributed by atoms with van der Waals surface area (Å²) in [5, 5.41) is 0. The molecule has 0 spiro atoms. The molecule has 0 aromatic heterocycles. The second kappa shape index (κ2) is 17.9. The summed E-state index contributed by atoms with van der Waals surface area (Å²) in [6.07, 6.45) is 17.4. The lowest BCUT2D eigenvalue weighted by atomic mass is 10.1. The highest BCUT2D eigenvalue weighted by atomic mass is 17.2. The molecule has 0 amide bonds. The van der Waals surface area contributed by atoms with Crippen LogP contribution in [0, 0.1) is 0 Å². The minimum atomic E-state index is 0.745. The smallest absolute Gasteiger partial charge is 0.0822 e. The Labute approximate surface area is 121 Å². The zero-order valence-corrected chi connectivity index (χ0v) is 13.4. The van der Waals surface area contributed by atoms with Crippen LogP contribution >= 0.6 is 0 Å². The summed E-state index contributed by atoms with van der Waals surface area (Å²) >= 11 is 0. The highest BCUT2D eigenvalue weighted by Gasteiger charge is 1.94. The molecule has 0 unspecified atom stereocenters. The van der Waals surface area contributed by atoms with E-state index in [1.54, 1.807) is 0 Å². The number of hydrogen-bond acceptors (Lipinski definition) is 2. The van der Waals surface area contributed by atoms with Gasteiger partial charge in [-0.1, -0.05) is 84.5 Å². The molecule has 0 saturated heterocycles. The summed E-state index contributed by atoms with van der Waals surface area (Å²) in [5.41, 5.74) is 0. The van der Waals surface area contributed by atoms with Crippen molar-refractivity contribution in [2.45, 2.75) is 97.3 Å². The van der Waals surface area contributed by atoms with Gasteiger partial charge >= 0.3 is 0 Å². The molecule has 0 radical (unpaired) electrons. The van der Waals surface area contributed by atoms with Crippen LogP contribution in [0.25, 0.3) is 0 Å². The van der Waals surface area contributed by atoms with Crippen LogP contribution in [0.2, 0.25) is 0 Å². The topological polar surface area (TPSA) is 18.5 Å². The summed E-state index contributed by atoms with van der Waals surface area (Å²) in [7, 11) is 0. The molecule has 0 rings (SSSR count). The van der Waals surface area contributed by atoms with E-state index >= 15 is 0 Å². The van der Waals surface area contributed by atoms with Gasteiger partial charge in [-0.25, -0.2) is 9.78 Å². The third kappa shape index (κ3) is 17.9. The minimum Gasteiger partial charge on any atom is -0.237 e. The molecule has 19 heavy (non-hydrogen) atoms. The standard InChI is InChI=1S/C17H36O2/c1-3-5-7-8-9-10-11-12-13-14-15-17-19-18-16-6-4-2/h3-17H2,1-2H3. The maximum absolute atomic E-state index is 5.12. The van der Waals surface area contributed by atoms with Gasteiger partial charge in [-0.2, -0.15) is 0 Å². The lowest BCUT2D eigenvalue weighted by Crippen LogP contribution is -1.98. The fraction of sp³-hybridized carbons (Fsp3) is 1.00. The van der Waals surface area contributed by atoms with E-state index in [-0.39, 0.29) is 0 Å². The van der Waals surface area contributed by atoms with Gasteiger partial charge < -0.3 is 0 Å². The van der Waals surface area contributed by atoms with E-state index in [9.17, 15) is 0 Å². The number of hydrogen-bond donors (Lipinski definition) is 0. The lowest BCUT2D eigenvalue weighted by Gasteiger charge is -2.04. The SMILES string of the molecule is CCCCCCCCCCCCCOOCCCC. The molecule has 0 aliphatic heterocycles. The molecule has 0 aliphatic carbocycles. The van der Waals surface area contributed by atoms with Crippen molar-refractivity contribution in [1.29, 1.82) is 0 Å². The van der Waals surface area contributed by atoms with Crippen LogP contribution in [0.5, 0.6) is 0 Å². The second-order valence-electron chi connectivity index (χ2n) is 5.53. The summed E-state index contributed by atoms with van der Waals surface area (Å²) in [5.74, 6) is 0. The molecule has 116 valence electrons. The van der Waals surface area contributed by atoms with E-state index in [0.717, 1.165) is 26.1 Å². The Morgan fingerprint density at radius 3 is 1.26 bits per heavy atom. The molecular formula is C17H36O2. The van der Waals surface area contributed by atoms with Crippen molar-refractivity contribution in [3.05, 3.63) is 0 Å². The number of unbranched alkanes of at least 4 members (excludes halogenated alkanes) is 11. The molecule has 2 nitrogen and oxygen atoms in total. The zero-order chi connectivity index (χ0) is 14.0. The van der Waals surface area contributed by atoms with Crippen molar-refractivity contribution < 1.29 is 9.78 Å². The maximum Gasteiger partial charge on any atom is 0.0822 e. The third-order valence-electron chi connectivity index (χ3n) is 3.50. The summed E-state index contributed by atoms with van der Waals surface area (Å²) in [6, 6.07) is 0. The first-order chi connectivity index (χ1) is 9.41. The van der Waals surface area contributed by atoms with E-state index < -0.39 is 0 Å². The average molecular weight is 272 g/mol. The molecule has 0 fully saturated rings. The Bertz CT molecular complexity index is 132. The van der Waals surface area contributed by atoms with Gasteiger partial charge in [0.25, 0.3) is 0 Å². The molecule has 0 bridgehead atoms. The van der Waals surface area contributed by atoms with Crippen molar-refractivity contribution in [3.63, 3.8) is 0 Å². The van der Waals surface area contributed by atoms with E-state index in [1.165, 1.54) is 70.6 Å². The Balaban J connectivity index is 2.88. The van der Waals surface area contributed by atoms with Gasteiger partial charge in [0.1, 0.15) is 0 Å². The van der Waals surface area contributed by atoms with Gasteiger partial charge in [0.05, 0.1) is 13.2 Å². The minimum absolute atomic E-state index is 0.745. The van der Waals surface area contributed by atoms with Crippen molar-refractivity contribution in [2.24, 2.45) is 0 Å². The highest BCUT2D eigenvalue weighted by molar-refractivity contribution is 4.47. The molecule has 0 N–H and O–H groups in total. The largest absolute Gasteiger partial charge is 0.237 e. The van der Waals surface area contributed by atoms with Gasteiger partial charge in [0, 0.05) is 0 Å². The van der Waals surface area contributed by atoms with E-state index in [1.807, 2.05) is 0 Å². The van der Waals surface area contributed by atoms with Gasteiger partial charge in [-0.3, -0.25) is 0 Å². The first-order valence-electron chi connectivity index (χ1n) is 8.66. The summed E-state index contributed by atoms with van der Waals surface area (Å²) < 4.78 is 0. The second-order valence-corrected chi connectivity index (χ2v) is 5.53. The first kappa shape index (κ1) is 18.9. The Kier molecular flexibility index (Phi) is 17.8.